The molecular formula is C14H18N2O5S. The van der Waals surface area contributed by atoms with Crippen LogP contribution in [0.1, 0.15) is 23.7 Å². The van der Waals surface area contributed by atoms with E-state index in [1.807, 2.05) is 0 Å². The summed E-state index contributed by atoms with van der Waals surface area (Å²) in [5.74, 6) is 0.0517. The highest BCUT2D eigenvalue weighted by atomic mass is 32.2. The van der Waals surface area contributed by atoms with Gasteiger partial charge in [0.25, 0.3) is 0 Å². The van der Waals surface area contributed by atoms with Gasteiger partial charge in [0, 0.05) is 36.5 Å². The maximum Gasteiger partial charge on any atom is 0.344 e. The molecule has 8 heteroatoms. The Morgan fingerprint density at radius 2 is 2.18 bits per heavy atom. The average molecular weight is 326 g/mol. The lowest BCUT2D eigenvalue weighted by molar-refractivity contribution is -0.142. The summed E-state index contributed by atoms with van der Waals surface area (Å²) in [4.78, 5) is 29.4. The van der Waals surface area contributed by atoms with E-state index in [2.05, 4.69) is 4.98 Å². The molecule has 1 saturated heterocycles. The third kappa shape index (κ3) is 3.23. The van der Waals surface area contributed by atoms with Crippen LogP contribution in [0, 0.1) is 6.92 Å². The van der Waals surface area contributed by atoms with Crippen LogP contribution in [0.25, 0.3) is 0 Å². The number of thioether (sulfide) groups is 1. The molecule has 0 bridgehead atoms. The minimum absolute atomic E-state index is 0.148. The van der Waals surface area contributed by atoms with E-state index in [-0.39, 0.29) is 24.9 Å². The Hall–Kier alpha value is -1.64. The minimum Gasteiger partial charge on any atom is -0.422 e. The summed E-state index contributed by atoms with van der Waals surface area (Å²) in [5.41, 5.74) is 1.17. The Labute approximate surface area is 132 Å². The van der Waals surface area contributed by atoms with Crippen LogP contribution < -0.4 is 4.74 Å². The Bertz CT molecular complexity index is 593. The Morgan fingerprint density at radius 3 is 2.77 bits per heavy atom. The molecule has 2 N–H and O–H groups in total. The molecule has 1 atom stereocenters. The van der Waals surface area contributed by atoms with Gasteiger partial charge in [0.05, 0.1) is 18.9 Å². The van der Waals surface area contributed by atoms with Crippen molar-refractivity contribution in [3.63, 3.8) is 0 Å². The second-order valence-electron chi connectivity index (χ2n) is 4.85. The summed E-state index contributed by atoms with van der Waals surface area (Å²) in [5, 5.41) is 18.1. The zero-order valence-corrected chi connectivity index (χ0v) is 13.2. The van der Waals surface area contributed by atoms with Gasteiger partial charge >= 0.3 is 5.97 Å². The van der Waals surface area contributed by atoms with Crippen LogP contribution in [0.15, 0.2) is 6.20 Å². The molecule has 0 aliphatic carbocycles. The van der Waals surface area contributed by atoms with Crippen LogP contribution in [0.2, 0.25) is 0 Å². The first-order valence-corrected chi connectivity index (χ1v) is 7.84. The SMILES string of the molecule is CC(=O)N1CCSC1C(=O)Oc1c(C)ncc(CO)c1CO. The molecule has 7 nitrogen and oxygen atoms in total. The smallest absolute Gasteiger partial charge is 0.344 e. The number of amides is 1. The molecule has 1 aliphatic heterocycles. The number of aliphatic hydroxyl groups is 2. The molecule has 0 spiro atoms. The largest absolute Gasteiger partial charge is 0.422 e. The van der Waals surface area contributed by atoms with Crippen molar-refractivity contribution >= 4 is 23.6 Å². The molecule has 2 rings (SSSR count). The van der Waals surface area contributed by atoms with Crippen molar-refractivity contribution in [2.24, 2.45) is 0 Å². The molecule has 2 heterocycles. The highest BCUT2D eigenvalue weighted by Gasteiger charge is 2.35. The van der Waals surface area contributed by atoms with Gasteiger partial charge in [0.15, 0.2) is 11.1 Å². The second-order valence-corrected chi connectivity index (χ2v) is 6.04. The number of esters is 1. The van der Waals surface area contributed by atoms with Crippen molar-refractivity contribution in [2.45, 2.75) is 32.4 Å². The molecule has 1 fully saturated rings. The maximum atomic E-state index is 12.3. The van der Waals surface area contributed by atoms with Crippen molar-refractivity contribution in [2.75, 3.05) is 12.3 Å². The molecule has 1 aromatic rings. The number of carbonyl (C=O) groups excluding carboxylic acids is 2. The van der Waals surface area contributed by atoms with E-state index < -0.39 is 11.3 Å². The quantitative estimate of drug-likeness (QED) is 0.762. The number of aryl methyl sites for hydroxylation is 1. The molecule has 1 aromatic heterocycles. The van der Waals surface area contributed by atoms with Crippen LogP contribution in [-0.4, -0.2) is 49.6 Å². The zero-order chi connectivity index (χ0) is 16.3. The molecule has 120 valence electrons. The molecule has 1 unspecified atom stereocenters. The van der Waals surface area contributed by atoms with Crippen LogP contribution in [0.3, 0.4) is 0 Å². The van der Waals surface area contributed by atoms with Crippen LogP contribution in [0.4, 0.5) is 0 Å². The normalized spacial score (nSPS) is 17.6. The average Bonchev–Trinajstić information content (AvgIpc) is 2.98. The molecular weight excluding hydrogens is 308 g/mol. The van der Waals surface area contributed by atoms with Gasteiger partial charge in [0.1, 0.15) is 0 Å². The van der Waals surface area contributed by atoms with Gasteiger partial charge in [-0.3, -0.25) is 9.78 Å². The zero-order valence-electron chi connectivity index (χ0n) is 12.4. The predicted molar refractivity (Wildman–Crippen MR) is 80.1 cm³/mol. The van der Waals surface area contributed by atoms with E-state index in [9.17, 15) is 19.8 Å². The summed E-state index contributed by atoms with van der Waals surface area (Å²) in [6.45, 7) is 2.86. The maximum absolute atomic E-state index is 12.3. The van der Waals surface area contributed by atoms with Crippen molar-refractivity contribution in [1.82, 2.24) is 9.88 Å². The highest BCUT2D eigenvalue weighted by Crippen LogP contribution is 2.29. The van der Waals surface area contributed by atoms with Crippen molar-refractivity contribution < 1.29 is 24.5 Å². The van der Waals surface area contributed by atoms with E-state index in [1.54, 1.807) is 6.92 Å². The van der Waals surface area contributed by atoms with E-state index in [1.165, 1.54) is 29.8 Å². The number of aliphatic hydroxyl groups excluding tert-OH is 2. The van der Waals surface area contributed by atoms with Crippen molar-refractivity contribution in [3.05, 3.63) is 23.0 Å². The minimum atomic E-state index is -0.693. The Kier molecular flexibility index (Phi) is 5.38. The lowest BCUT2D eigenvalue weighted by atomic mass is 10.1. The van der Waals surface area contributed by atoms with Gasteiger partial charge in [0.2, 0.25) is 5.91 Å². The fraction of sp³-hybridized carbons (Fsp3) is 0.500. The number of aromatic nitrogens is 1. The fourth-order valence-electron chi connectivity index (χ4n) is 2.26. The summed E-state index contributed by atoms with van der Waals surface area (Å²) in [6, 6.07) is 0. The first-order valence-electron chi connectivity index (χ1n) is 6.79. The van der Waals surface area contributed by atoms with Crippen LogP contribution in [-0.2, 0) is 22.8 Å². The molecule has 1 amide bonds. The number of carbonyl (C=O) groups is 2. The summed E-state index contributed by atoms with van der Waals surface area (Å²) < 4.78 is 5.39. The number of hydrogen-bond acceptors (Lipinski definition) is 7. The van der Waals surface area contributed by atoms with Gasteiger partial charge in [-0.1, -0.05) is 0 Å². The number of hydrogen-bond donors (Lipinski definition) is 2. The number of rotatable bonds is 4. The highest BCUT2D eigenvalue weighted by molar-refractivity contribution is 8.00. The summed E-state index contributed by atoms with van der Waals surface area (Å²) in [7, 11) is 0. The number of pyridine rings is 1. The summed E-state index contributed by atoms with van der Waals surface area (Å²) in [6.07, 6.45) is 1.43. The lowest BCUT2D eigenvalue weighted by Gasteiger charge is -2.21. The number of ether oxygens (including phenoxy) is 1. The summed E-state index contributed by atoms with van der Waals surface area (Å²) >= 11 is 1.33. The first-order chi connectivity index (χ1) is 10.5. The lowest BCUT2D eigenvalue weighted by Crippen LogP contribution is -2.40. The first kappa shape index (κ1) is 16.7. The van der Waals surface area contributed by atoms with E-state index in [4.69, 9.17) is 4.74 Å². The molecule has 0 radical (unpaired) electrons. The van der Waals surface area contributed by atoms with Gasteiger partial charge in [-0.05, 0) is 6.92 Å². The third-order valence-corrected chi connectivity index (χ3v) is 4.61. The topological polar surface area (TPSA) is 100.0 Å². The van der Waals surface area contributed by atoms with Crippen molar-refractivity contribution in [1.29, 1.82) is 0 Å². The Morgan fingerprint density at radius 1 is 1.45 bits per heavy atom. The molecule has 0 saturated carbocycles. The predicted octanol–water partition coefficient (Wildman–Crippen LogP) is 0.201. The van der Waals surface area contributed by atoms with Crippen LogP contribution >= 0.6 is 11.8 Å². The van der Waals surface area contributed by atoms with Crippen LogP contribution in [0.5, 0.6) is 5.75 Å². The fourth-order valence-corrected chi connectivity index (χ4v) is 3.40. The van der Waals surface area contributed by atoms with E-state index >= 15 is 0 Å². The standard InChI is InChI=1S/C14H18N2O5S/c1-8-12(11(7-18)10(6-17)5-15-8)21-14(20)13-16(9(2)19)3-4-22-13/h5,13,17-18H,3-4,6-7H2,1-2H3. The van der Waals surface area contributed by atoms with Gasteiger partial charge in [-0.2, -0.15) is 0 Å². The van der Waals surface area contributed by atoms with Gasteiger partial charge in [-0.25, -0.2) is 4.79 Å². The Balaban J connectivity index is 2.27. The van der Waals surface area contributed by atoms with Gasteiger partial charge in [-0.15, -0.1) is 11.8 Å². The molecule has 1 aliphatic rings. The van der Waals surface area contributed by atoms with Crippen molar-refractivity contribution in [3.8, 4) is 5.75 Å². The monoisotopic (exact) mass is 326 g/mol. The molecule has 0 aromatic carbocycles. The number of nitrogens with zero attached hydrogens (tertiary/aromatic N) is 2. The van der Waals surface area contributed by atoms with E-state index in [0.717, 1.165) is 0 Å². The second kappa shape index (κ2) is 7.08. The molecule has 22 heavy (non-hydrogen) atoms. The van der Waals surface area contributed by atoms with E-state index in [0.29, 0.717) is 29.1 Å². The third-order valence-electron chi connectivity index (χ3n) is 3.43. The van der Waals surface area contributed by atoms with Gasteiger partial charge < -0.3 is 19.8 Å².